The highest BCUT2D eigenvalue weighted by molar-refractivity contribution is 7.86. The molecular weight excluding hydrogens is 747 g/mol. The molecule has 3 amide bonds. The summed E-state index contributed by atoms with van der Waals surface area (Å²) in [5.41, 5.74) is 3.13. The summed E-state index contributed by atoms with van der Waals surface area (Å²) in [5.74, 6) is -0.693. The van der Waals surface area contributed by atoms with Gasteiger partial charge in [-0.2, -0.15) is 0 Å². The van der Waals surface area contributed by atoms with Gasteiger partial charge < -0.3 is 19.3 Å². The highest BCUT2D eigenvalue weighted by Gasteiger charge is 2.42. The Bertz CT molecular complexity index is 2220. The van der Waals surface area contributed by atoms with Gasteiger partial charge in [0.1, 0.15) is 10.1 Å². The highest BCUT2D eigenvalue weighted by atomic mass is 32.2. The average Bonchev–Trinajstić information content (AvgIpc) is 3.64. The number of aliphatic imine (C=N–C) groups is 1. The van der Waals surface area contributed by atoms with Gasteiger partial charge >= 0.3 is 5.82 Å². The number of imide groups is 1. The first-order chi connectivity index (χ1) is 25.8. The van der Waals surface area contributed by atoms with E-state index in [9.17, 15) is 40.3 Å². The number of aromatic nitrogens is 1. The number of anilines is 1. The first-order valence-corrected chi connectivity index (χ1v) is 21.1. The Kier molecular flexibility index (Phi) is 12.4. The van der Waals surface area contributed by atoms with Gasteiger partial charge in [-0.25, -0.2) is 21.4 Å². The zero-order valence-electron chi connectivity index (χ0n) is 31.4. The van der Waals surface area contributed by atoms with E-state index in [1.807, 2.05) is 67.1 Å². The molecule has 16 heteroatoms. The van der Waals surface area contributed by atoms with Crippen molar-refractivity contribution in [1.82, 2.24) is 10.2 Å². The van der Waals surface area contributed by atoms with Crippen LogP contribution in [-0.4, -0.2) is 79.7 Å². The molecule has 5 rings (SSSR count). The van der Waals surface area contributed by atoms with Crippen LogP contribution in [0, 0.1) is 0 Å². The largest absolute Gasteiger partial charge is 0.748 e. The standard InChI is InChI=1S/C39H47N5O9S2/c1-38(2)29-13-11-22-42(23-12-26-54(48,49)50)37(29)41-32(38)14-7-5-8-15-33-39(3,4)30-27-28(55(51,52)53)17-18-31(30)43(33)24-10-6-9-16-34(45)40-21-25-44-35(46)19-20-36(44)47/h5,7-8,11,13-15,17-20,22,27H,6,9-10,12,16,21,23-26H2,1-4H3,(H2-,40,45,48,49,50,51,52,53)/p-1. The Morgan fingerprint density at radius 1 is 0.873 bits per heavy atom. The predicted molar refractivity (Wildman–Crippen MR) is 204 cm³/mol. The number of unbranched alkanes of at least 4 members (excludes halogenated alkanes) is 2. The van der Waals surface area contributed by atoms with Crippen LogP contribution >= 0.6 is 0 Å². The molecule has 0 saturated heterocycles. The zero-order valence-corrected chi connectivity index (χ0v) is 33.0. The second kappa shape index (κ2) is 16.5. The highest BCUT2D eigenvalue weighted by Crippen LogP contribution is 2.48. The first-order valence-electron chi connectivity index (χ1n) is 18.1. The molecule has 0 spiro atoms. The molecule has 0 unspecified atom stereocenters. The Morgan fingerprint density at radius 2 is 1.60 bits per heavy atom. The lowest BCUT2D eigenvalue weighted by Crippen LogP contribution is -2.38. The number of allylic oxidation sites excluding steroid dienone is 6. The van der Waals surface area contributed by atoms with E-state index in [1.54, 1.807) is 6.07 Å². The second-order valence-corrected chi connectivity index (χ2v) is 17.6. The van der Waals surface area contributed by atoms with Crippen LogP contribution in [0.2, 0.25) is 0 Å². The van der Waals surface area contributed by atoms with Crippen molar-refractivity contribution >= 4 is 55.2 Å². The molecule has 55 heavy (non-hydrogen) atoms. The Balaban J connectivity index is 1.25. The van der Waals surface area contributed by atoms with Crippen LogP contribution < -0.4 is 14.8 Å². The lowest BCUT2D eigenvalue weighted by molar-refractivity contribution is -0.684. The normalized spacial score (nSPS) is 18.2. The van der Waals surface area contributed by atoms with E-state index in [0.717, 1.165) is 40.4 Å². The molecule has 1 N–H and O–H groups in total. The lowest BCUT2D eigenvalue weighted by atomic mass is 9.82. The third-order valence-electron chi connectivity index (χ3n) is 10.1. The van der Waals surface area contributed by atoms with E-state index >= 15 is 0 Å². The molecule has 1 aromatic carbocycles. The van der Waals surface area contributed by atoms with Gasteiger partial charge in [-0.05, 0) is 86.1 Å². The van der Waals surface area contributed by atoms with Gasteiger partial charge in [0.25, 0.3) is 11.8 Å². The van der Waals surface area contributed by atoms with Gasteiger partial charge in [0.15, 0.2) is 5.71 Å². The molecular formula is C39H46N5O9S2-. The van der Waals surface area contributed by atoms with Crippen LogP contribution in [0.4, 0.5) is 11.5 Å². The maximum absolute atomic E-state index is 12.4. The minimum atomic E-state index is -4.67. The van der Waals surface area contributed by atoms with Gasteiger partial charge in [-0.15, -0.1) is 0 Å². The summed E-state index contributed by atoms with van der Waals surface area (Å²) in [7, 11) is -8.98. The molecule has 0 saturated carbocycles. The van der Waals surface area contributed by atoms with Crippen molar-refractivity contribution in [3.05, 3.63) is 95.9 Å². The number of hydrogen-bond donors (Lipinski definition) is 1. The van der Waals surface area contributed by atoms with Crippen molar-refractivity contribution in [1.29, 1.82) is 0 Å². The number of nitrogens with one attached hydrogen (secondary N) is 1. The molecule has 0 fully saturated rings. The summed E-state index contributed by atoms with van der Waals surface area (Å²) in [6.07, 6.45) is 16.3. The van der Waals surface area contributed by atoms with E-state index in [4.69, 9.17) is 4.99 Å². The third kappa shape index (κ3) is 9.73. The average molecular weight is 793 g/mol. The fraction of sp³-hybridized carbons (Fsp3) is 0.410. The molecule has 0 atom stereocenters. The molecule has 3 aliphatic heterocycles. The number of carbonyl (C=O) groups is 3. The lowest BCUT2D eigenvalue weighted by Gasteiger charge is -2.27. The number of pyridine rings is 1. The summed E-state index contributed by atoms with van der Waals surface area (Å²) in [6.45, 7) is 9.26. The summed E-state index contributed by atoms with van der Waals surface area (Å²) < 4.78 is 71.0. The molecule has 1 aromatic heterocycles. The molecule has 14 nitrogen and oxygen atoms in total. The fourth-order valence-corrected chi connectivity index (χ4v) is 8.05. The Morgan fingerprint density at radius 3 is 2.29 bits per heavy atom. The second-order valence-electron chi connectivity index (χ2n) is 14.7. The monoisotopic (exact) mass is 792 g/mol. The smallest absolute Gasteiger partial charge is 0.327 e. The minimum absolute atomic E-state index is 0.110. The number of hydrogen-bond acceptors (Lipinski definition) is 11. The fourth-order valence-electron chi connectivity index (χ4n) is 7.07. The molecule has 2 aromatic rings. The Hall–Kier alpha value is -4.77. The first kappa shape index (κ1) is 41.4. The molecule has 0 bridgehead atoms. The SMILES string of the molecule is CC1(C)C(/C=C/C=C/C=C2\N(CCCCCC(=O)NCCN3C(=O)C=CC3=O)c3ccc(S(=O)(=O)[O-])cc3C2(C)C)=Nc2c1ccc[n+]2CCCS(=O)(=O)[O-]. The zero-order chi connectivity index (χ0) is 40.2. The van der Waals surface area contributed by atoms with Gasteiger partial charge in [-0.3, -0.25) is 19.3 Å². The number of rotatable bonds is 17. The number of aryl methyl sites for hydroxylation is 1. The summed E-state index contributed by atoms with van der Waals surface area (Å²) >= 11 is 0. The molecule has 294 valence electrons. The van der Waals surface area contributed by atoms with E-state index < -0.39 is 48.6 Å². The topological polar surface area (TPSA) is 200 Å². The summed E-state index contributed by atoms with van der Waals surface area (Å²) in [5, 5.41) is 2.75. The van der Waals surface area contributed by atoms with Gasteiger partial charge in [0.05, 0.1) is 38.7 Å². The number of carbonyl (C=O) groups excluding carboxylic acids is 3. The number of amides is 3. The molecule has 0 radical (unpaired) electrons. The van der Waals surface area contributed by atoms with Crippen LogP contribution in [0.15, 0.2) is 94.6 Å². The van der Waals surface area contributed by atoms with Crippen molar-refractivity contribution in [2.75, 3.05) is 30.3 Å². The maximum Gasteiger partial charge on any atom is 0.327 e. The number of nitrogens with zero attached hydrogens (tertiary/aromatic N) is 4. The third-order valence-corrected chi connectivity index (χ3v) is 11.7. The maximum atomic E-state index is 12.4. The molecule has 3 aliphatic rings. The van der Waals surface area contributed by atoms with Crippen LogP contribution in [0.3, 0.4) is 0 Å². The van der Waals surface area contributed by atoms with E-state index in [2.05, 4.69) is 24.1 Å². The number of benzene rings is 1. The van der Waals surface area contributed by atoms with Crippen molar-refractivity contribution < 1.29 is 44.9 Å². The van der Waals surface area contributed by atoms with Crippen molar-refractivity contribution in [3.63, 3.8) is 0 Å². The van der Waals surface area contributed by atoms with E-state index in [-0.39, 0.29) is 36.7 Å². The van der Waals surface area contributed by atoms with Crippen molar-refractivity contribution in [2.24, 2.45) is 4.99 Å². The molecule has 0 aliphatic carbocycles. The summed E-state index contributed by atoms with van der Waals surface area (Å²) in [4.78, 5) is 43.5. The Labute approximate surface area is 322 Å². The number of fused-ring (bicyclic) bond motifs is 2. The predicted octanol–water partition coefficient (Wildman–Crippen LogP) is 3.57. The van der Waals surface area contributed by atoms with E-state index in [1.165, 1.54) is 24.3 Å². The van der Waals surface area contributed by atoms with Gasteiger partial charge in [0.2, 0.25) is 5.91 Å². The van der Waals surface area contributed by atoms with Gasteiger partial charge in [0, 0.05) is 60.8 Å². The summed E-state index contributed by atoms with van der Waals surface area (Å²) in [6, 6.07) is 8.30. The minimum Gasteiger partial charge on any atom is -0.748 e. The van der Waals surface area contributed by atoms with Gasteiger partial charge in [-0.1, -0.05) is 38.5 Å². The molecule has 4 heterocycles. The van der Waals surface area contributed by atoms with Crippen LogP contribution in [0.5, 0.6) is 0 Å². The quantitative estimate of drug-likeness (QED) is 0.0812. The van der Waals surface area contributed by atoms with Crippen LogP contribution in [0.1, 0.15) is 70.9 Å². The van der Waals surface area contributed by atoms with Crippen LogP contribution in [0.25, 0.3) is 0 Å². The van der Waals surface area contributed by atoms with Crippen molar-refractivity contribution in [2.45, 2.75) is 82.1 Å². The van der Waals surface area contributed by atoms with Crippen molar-refractivity contribution in [3.8, 4) is 0 Å². The van der Waals surface area contributed by atoms with E-state index in [0.29, 0.717) is 30.9 Å². The van der Waals surface area contributed by atoms with Crippen LogP contribution in [-0.2, 0) is 52.0 Å².